The summed E-state index contributed by atoms with van der Waals surface area (Å²) in [5, 5.41) is 7.36. The minimum absolute atomic E-state index is 0.123. The van der Waals surface area contributed by atoms with E-state index in [4.69, 9.17) is 4.74 Å². The molecule has 1 aromatic heterocycles. The highest BCUT2D eigenvalue weighted by atomic mass is 19.1. The van der Waals surface area contributed by atoms with Crippen LogP contribution >= 0.6 is 0 Å². The molecule has 0 saturated heterocycles. The molecule has 1 amide bonds. The van der Waals surface area contributed by atoms with E-state index in [0.717, 1.165) is 22.3 Å². The first-order valence-electron chi connectivity index (χ1n) is 10.5. The van der Waals surface area contributed by atoms with Crippen molar-refractivity contribution in [2.24, 2.45) is 0 Å². The molecule has 4 aromatic rings. The van der Waals surface area contributed by atoms with Gasteiger partial charge in [0.15, 0.2) is 0 Å². The van der Waals surface area contributed by atoms with Gasteiger partial charge < -0.3 is 10.1 Å². The summed E-state index contributed by atoms with van der Waals surface area (Å²) in [5.74, 6) is -0.862. The van der Waals surface area contributed by atoms with Gasteiger partial charge in [0.2, 0.25) is 5.88 Å². The number of aromatic nitrogens is 2. The summed E-state index contributed by atoms with van der Waals surface area (Å²) in [6, 6.07) is 17.7. The molecule has 1 heterocycles. The maximum atomic E-state index is 13.2. The normalized spacial score (nSPS) is 10.8. The number of anilines is 1. The van der Waals surface area contributed by atoms with Crippen molar-refractivity contribution in [2.45, 2.75) is 27.0 Å². The third kappa shape index (κ3) is 5.44. The largest absolute Gasteiger partial charge is 0.471 e. The summed E-state index contributed by atoms with van der Waals surface area (Å²) >= 11 is 0. The standard InChI is InChI=1S/C26H23F2N3O2/c1-17-4-3-5-24(18(17)2)29-25(32)23-15-31(14-19-6-10-21(27)11-7-19)30-26(23)33-16-20-8-12-22(28)13-9-20/h3-13,15H,14,16H2,1-2H3,(H,29,32). The zero-order valence-corrected chi connectivity index (χ0v) is 18.3. The van der Waals surface area contributed by atoms with Crippen molar-refractivity contribution in [1.82, 2.24) is 9.78 Å². The fourth-order valence-electron chi connectivity index (χ4n) is 3.33. The second-order valence-electron chi connectivity index (χ2n) is 7.79. The highest BCUT2D eigenvalue weighted by molar-refractivity contribution is 6.06. The Hall–Kier alpha value is -4.00. The smallest absolute Gasteiger partial charge is 0.262 e. The van der Waals surface area contributed by atoms with Crippen LogP contribution in [0, 0.1) is 25.5 Å². The molecule has 0 aliphatic carbocycles. The maximum absolute atomic E-state index is 13.2. The minimum atomic E-state index is -0.358. The number of hydrogen-bond acceptors (Lipinski definition) is 3. The van der Waals surface area contributed by atoms with Gasteiger partial charge in [0, 0.05) is 11.9 Å². The molecule has 0 fully saturated rings. The van der Waals surface area contributed by atoms with Crippen LogP contribution in [-0.4, -0.2) is 15.7 Å². The number of nitrogens with zero attached hydrogens (tertiary/aromatic N) is 2. The summed E-state index contributed by atoms with van der Waals surface area (Å²) in [6.07, 6.45) is 1.60. The molecule has 0 radical (unpaired) electrons. The Balaban J connectivity index is 1.59. The molecule has 1 N–H and O–H groups in total. The van der Waals surface area contributed by atoms with Crippen LogP contribution in [0.5, 0.6) is 5.88 Å². The second kappa shape index (κ2) is 9.65. The lowest BCUT2D eigenvalue weighted by atomic mass is 10.1. The number of aryl methyl sites for hydroxylation is 1. The number of hydrogen-bond donors (Lipinski definition) is 1. The molecule has 0 bridgehead atoms. The van der Waals surface area contributed by atoms with E-state index in [1.165, 1.54) is 24.3 Å². The maximum Gasteiger partial charge on any atom is 0.262 e. The SMILES string of the molecule is Cc1cccc(NC(=O)c2cn(Cc3ccc(F)cc3)nc2OCc2ccc(F)cc2)c1C. The topological polar surface area (TPSA) is 56.2 Å². The lowest BCUT2D eigenvalue weighted by molar-refractivity contribution is 0.102. The van der Waals surface area contributed by atoms with Crippen LogP contribution in [0.2, 0.25) is 0 Å². The highest BCUT2D eigenvalue weighted by Gasteiger charge is 2.19. The summed E-state index contributed by atoms with van der Waals surface area (Å²) in [6.45, 7) is 4.37. The number of nitrogens with one attached hydrogen (secondary N) is 1. The van der Waals surface area contributed by atoms with Crippen LogP contribution in [0.3, 0.4) is 0 Å². The predicted molar refractivity (Wildman–Crippen MR) is 122 cm³/mol. The molecule has 0 aliphatic rings. The highest BCUT2D eigenvalue weighted by Crippen LogP contribution is 2.23. The van der Waals surface area contributed by atoms with E-state index in [-0.39, 0.29) is 35.6 Å². The molecule has 4 rings (SSSR count). The van der Waals surface area contributed by atoms with Gasteiger partial charge in [-0.3, -0.25) is 9.48 Å². The molecule has 33 heavy (non-hydrogen) atoms. The van der Waals surface area contributed by atoms with Crippen molar-refractivity contribution in [3.8, 4) is 5.88 Å². The molecule has 0 spiro atoms. The van der Waals surface area contributed by atoms with Crippen molar-refractivity contribution in [1.29, 1.82) is 0 Å². The molecule has 0 aliphatic heterocycles. The van der Waals surface area contributed by atoms with E-state index >= 15 is 0 Å². The number of rotatable bonds is 7. The zero-order valence-electron chi connectivity index (χ0n) is 18.3. The average molecular weight is 447 g/mol. The summed E-state index contributed by atoms with van der Waals surface area (Å²) in [7, 11) is 0. The van der Waals surface area contributed by atoms with Gasteiger partial charge in [0.1, 0.15) is 23.8 Å². The lowest BCUT2D eigenvalue weighted by Gasteiger charge is -2.10. The van der Waals surface area contributed by atoms with Gasteiger partial charge in [0.25, 0.3) is 5.91 Å². The van der Waals surface area contributed by atoms with Crippen LogP contribution in [0.15, 0.2) is 72.9 Å². The van der Waals surface area contributed by atoms with Crippen LogP contribution in [0.4, 0.5) is 14.5 Å². The van der Waals surface area contributed by atoms with Gasteiger partial charge in [-0.1, -0.05) is 36.4 Å². The number of ether oxygens (including phenoxy) is 1. The summed E-state index contributed by atoms with van der Waals surface area (Å²) in [4.78, 5) is 13.1. The molecular weight excluding hydrogens is 424 g/mol. The quantitative estimate of drug-likeness (QED) is 0.398. The van der Waals surface area contributed by atoms with Gasteiger partial charge >= 0.3 is 0 Å². The molecule has 3 aromatic carbocycles. The predicted octanol–water partition coefficient (Wildman–Crippen LogP) is 5.66. The summed E-state index contributed by atoms with van der Waals surface area (Å²) in [5.41, 5.74) is 4.57. The van der Waals surface area contributed by atoms with Gasteiger partial charge in [-0.15, -0.1) is 5.10 Å². The Morgan fingerprint density at radius 2 is 1.58 bits per heavy atom. The number of benzene rings is 3. The van der Waals surface area contributed by atoms with E-state index in [0.29, 0.717) is 12.2 Å². The first kappa shape index (κ1) is 22.2. The summed E-state index contributed by atoms with van der Waals surface area (Å²) < 4.78 is 33.8. The number of carbonyl (C=O) groups is 1. The third-order valence-corrected chi connectivity index (χ3v) is 5.37. The molecule has 7 heteroatoms. The molecular formula is C26H23F2N3O2. The van der Waals surface area contributed by atoms with Gasteiger partial charge in [0.05, 0.1) is 6.54 Å². The Kier molecular flexibility index (Phi) is 6.49. The molecule has 0 saturated carbocycles. The van der Waals surface area contributed by atoms with Gasteiger partial charge in [-0.2, -0.15) is 0 Å². The van der Waals surface area contributed by atoms with E-state index in [1.807, 2.05) is 32.0 Å². The van der Waals surface area contributed by atoms with Crippen molar-refractivity contribution in [3.63, 3.8) is 0 Å². The monoisotopic (exact) mass is 447 g/mol. The fraction of sp³-hybridized carbons (Fsp3) is 0.154. The van der Waals surface area contributed by atoms with E-state index in [1.54, 1.807) is 35.1 Å². The van der Waals surface area contributed by atoms with Crippen molar-refractivity contribution < 1.29 is 18.3 Å². The number of amides is 1. The van der Waals surface area contributed by atoms with Gasteiger partial charge in [-0.25, -0.2) is 8.78 Å². The Bertz CT molecular complexity index is 1270. The first-order valence-corrected chi connectivity index (χ1v) is 10.5. The van der Waals surface area contributed by atoms with Crippen molar-refractivity contribution >= 4 is 11.6 Å². The van der Waals surface area contributed by atoms with Crippen LogP contribution in [0.1, 0.15) is 32.6 Å². The van der Waals surface area contributed by atoms with E-state index in [2.05, 4.69) is 10.4 Å². The van der Waals surface area contributed by atoms with E-state index in [9.17, 15) is 13.6 Å². The van der Waals surface area contributed by atoms with Crippen LogP contribution < -0.4 is 10.1 Å². The third-order valence-electron chi connectivity index (χ3n) is 5.37. The van der Waals surface area contributed by atoms with E-state index < -0.39 is 0 Å². The van der Waals surface area contributed by atoms with Crippen LogP contribution in [0.25, 0.3) is 0 Å². The van der Waals surface area contributed by atoms with Crippen molar-refractivity contribution in [3.05, 3.63) is 112 Å². The lowest BCUT2D eigenvalue weighted by Crippen LogP contribution is -2.14. The minimum Gasteiger partial charge on any atom is -0.471 e. The molecule has 0 unspecified atom stereocenters. The number of halogens is 2. The van der Waals surface area contributed by atoms with Crippen molar-refractivity contribution in [2.75, 3.05) is 5.32 Å². The number of carbonyl (C=O) groups excluding carboxylic acids is 1. The van der Waals surface area contributed by atoms with Gasteiger partial charge in [-0.05, 0) is 66.4 Å². The first-order chi connectivity index (χ1) is 15.9. The molecule has 168 valence electrons. The molecule has 0 atom stereocenters. The molecule has 5 nitrogen and oxygen atoms in total. The zero-order chi connectivity index (χ0) is 23.4. The Morgan fingerprint density at radius 1 is 0.939 bits per heavy atom. The Labute approximate surface area is 190 Å². The van der Waals surface area contributed by atoms with Crippen LogP contribution in [-0.2, 0) is 13.2 Å². The fourth-order valence-corrected chi connectivity index (χ4v) is 3.33. The Morgan fingerprint density at radius 3 is 2.24 bits per heavy atom. The average Bonchev–Trinajstić information content (AvgIpc) is 3.21. The second-order valence-corrected chi connectivity index (χ2v) is 7.79.